The molecule has 0 spiro atoms. The summed E-state index contributed by atoms with van der Waals surface area (Å²) in [6, 6.07) is 12.5. The normalized spacial score (nSPS) is 10.5. The Balaban J connectivity index is 1.90. The highest BCUT2D eigenvalue weighted by Crippen LogP contribution is 2.17. The van der Waals surface area contributed by atoms with Crippen LogP contribution in [0.3, 0.4) is 0 Å². The second-order valence-corrected chi connectivity index (χ2v) is 6.68. The molecule has 1 amide bonds. The van der Waals surface area contributed by atoms with Gasteiger partial charge in [-0.1, -0.05) is 32.0 Å². The molecule has 0 aromatic heterocycles. The van der Waals surface area contributed by atoms with Crippen LogP contribution in [0.4, 0.5) is 5.69 Å². The topological polar surface area (TPSA) is 64.6 Å². The van der Waals surface area contributed by atoms with Crippen molar-refractivity contribution in [3.8, 4) is 5.75 Å². The van der Waals surface area contributed by atoms with Gasteiger partial charge in [0.05, 0.1) is 12.2 Å². The molecule has 0 unspecified atom stereocenters. The molecule has 2 aromatic rings. The number of esters is 1. The first-order chi connectivity index (χ1) is 12.3. The lowest BCUT2D eigenvalue weighted by Crippen LogP contribution is -2.21. The fraction of sp³-hybridized carbons (Fsp3) is 0.333. The number of anilines is 1. The second-order valence-electron chi connectivity index (χ2n) is 6.68. The minimum atomic E-state index is -0.559. The zero-order valence-electron chi connectivity index (χ0n) is 15.7. The number of carbonyl (C=O) groups is 2. The van der Waals surface area contributed by atoms with Gasteiger partial charge in [0.25, 0.3) is 5.91 Å². The highest BCUT2D eigenvalue weighted by molar-refractivity contribution is 5.96. The van der Waals surface area contributed by atoms with E-state index in [1.165, 1.54) is 0 Å². The van der Waals surface area contributed by atoms with Crippen LogP contribution in [0.2, 0.25) is 0 Å². The van der Waals surface area contributed by atoms with Crippen molar-refractivity contribution in [3.63, 3.8) is 0 Å². The van der Waals surface area contributed by atoms with E-state index >= 15 is 0 Å². The van der Waals surface area contributed by atoms with Crippen LogP contribution in [0.5, 0.6) is 5.75 Å². The summed E-state index contributed by atoms with van der Waals surface area (Å²) in [5.41, 5.74) is 3.06. The predicted octanol–water partition coefficient (Wildman–Crippen LogP) is 4.13. The number of hydrogen-bond donors (Lipinski definition) is 1. The van der Waals surface area contributed by atoms with Gasteiger partial charge in [-0.2, -0.15) is 0 Å². The number of ether oxygens (including phenoxy) is 2. The number of carbonyl (C=O) groups excluding carboxylic acids is 2. The number of aryl methyl sites for hydroxylation is 2. The van der Waals surface area contributed by atoms with Gasteiger partial charge < -0.3 is 14.8 Å². The molecule has 0 saturated carbocycles. The molecule has 5 heteroatoms. The quantitative estimate of drug-likeness (QED) is 0.758. The van der Waals surface area contributed by atoms with Crippen molar-refractivity contribution in [3.05, 3.63) is 59.2 Å². The minimum absolute atomic E-state index is 0.344. The maximum Gasteiger partial charge on any atom is 0.338 e. The van der Waals surface area contributed by atoms with Gasteiger partial charge in [-0.05, 0) is 55.2 Å². The number of benzene rings is 2. The molecule has 0 aliphatic rings. The summed E-state index contributed by atoms with van der Waals surface area (Å²) in [6.07, 6.45) is 0. The molecular formula is C21H25NO4. The molecule has 2 aromatic carbocycles. The van der Waals surface area contributed by atoms with Crippen LogP contribution in [-0.4, -0.2) is 25.1 Å². The largest absolute Gasteiger partial charge is 0.493 e. The van der Waals surface area contributed by atoms with Crippen LogP contribution in [0.1, 0.15) is 35.3 Å². The Morgan fingerprint density at radius 2 is 1.85 bits per heavy atom. The van der Waals surface area contributed by atoms with Crippen LogP contribution >= 0.6 is 0 Å². The lowest BCUT2D eigenvalue weighted by Gasteiger charge is -2.11. The average molecular weight is 355 g/mol. The van der Waals surface area contributed by atoms with E-state index in [-0.39, 0.29) is 12.5 Å². The Kier molecular flexibility index (Phi) is 6.78. The van der Waals surface area contributed by atoms with Gasteiger partial charge in [-0.3, -0.25) is 4.79 Å². The Hall–Kier alpha value is -2.82. The molecule has 0 radical (unpaired) electrons. The van der Waals surface area contributed by atoms with Crippen LogP contribution in [0, 0.1) is 19.8 Å². The first kappa shape index (κ1) is 19.5. The standard InChI is InChI=1S/C21H25NO4/c1-14(2)12-25-18-7-5-6-17(11-18)21(24)26-13-20(23)22-19-10-15(3)8-9-16(19)4/h5-11,14H,12-13H2,1-4H3,(H,22,23). The van der Waals surface area contributed by atoms with Crippen molar-refractivity contribution in [2.75, 3.05) is 18.5 Å². The van der Waals surface area contributed by atoms with E-state index < -0.39 is 5.97 Å². The van der Waals surface area contributed by atoms with Gasteiger partial charge in [0.2, 0.25) is 0 Å². The fourth-order valence-electron chi connectivity index (χ4n) is 2.25. The molecule has 0 saturated heterocycles. The lowest BCUT2D eigenvalue weighted by molar-refractivity contribution is -0.119. The van der Waals surface area contributed by atoms with E-state index in [0.29, 0.717) is 23.8 Å². The van der Waals surface area contributed by atoms with E-state index in [1.807, 2.05) is 45.9 Å². The molecule has 1 N–H and O–H groups in total. The SMILES string of the molecule is Cc1ccc(C)c(NC(=O)COC(=O)c2cccc(OCC(C)C)c2)c1. The molecule has 0 atom stereocenters. The molecule has 0 heterocycles. The molecule has 138 valence electrons. The third kappa shape index (κ3) is 5.92. The number of amides is 1. The van der Waals surface area contributed by atoms with Gasteiger partial charge in [-0.25, -0.2) is 4.79 Å². The monoisotopic (exact) mass is 355 g/mol. The smallest absolute Gasteiger partial charge is 0.338 e. The summed E-state index contributed by atoms with van der Waals surface area (Å²) in [7, 11) is 0. The summed E-state index contributed by atoms with van der Waals surface area (Å²) in [6.45, 7) is 8.17. The first-order valence-corrected chi connectivity index (χ1v) is 8.62. The van der Waals surface area contributed by atoms with Crippen LogP contribution in [0.15, 0.2) is 42.5 Å². The van der Waals surface area contributed by atoms with Crippen molar-refractivity contribution in [2.24, 2.45) is 5.92 Å². The van der Waals surface area contributed by atoms with Crippen molar-refractivity contribution in [2.45, 2.75) is 27.7 Å². The summed E-state index contributed by atoms with van der Waals surface area (Å²) in [5, 5.41) is 2.76. The zero-order chi connectivity index (χ0) is 19.1. The number of rotatable bonds is 7. The van der Waals surface area contributed by atoms with Crippen molar-refractivity contribution in [1.82, 2.24) is 0 Å². The van der Waals surface area contributed by atoms with Gasteiger partial charge in [0, 0.05) is 5.69 Å². The summed E-state index contributed by atoms with van der Waals surface area (Å²) in [5.74, 6) is 0.0581. The van der Waals surface area contributed by atoms with Crippen molar-refractivity contribution < 1.29 is 19.1 Å². The molecule has 26 heavy (non-hydrogen) atoms. The first-order valence-electron chi connectivity index (χ1n) is 8.62. The van der Waals surface area contributed by atoms with Gasteiger partial charge in [0.1, 0.15) is 5.75 Å². The van der Waals surface area contributed by atoms with E-state index in [0.717, 1.165) is 16.8 Å². The fourth-order valence-corrected chi connectivity index (χ4v) is 2.25. The minimum Gasteiger partial charge on any atom is -0.493 e. The molecule has 0 fully saturated rings. The van der Waals surface area contributed by atoms with E-state index in [2.05, 4.69) is 5.32 Å². The third-order valence-electron chi connectivity index (χ3n) is 3.65. The molecule has 2 rings (SSSR count). The van der Waals surface area contributed by atoms with Crippen LogP contribution in [-0.2, 0) is 9.53 Å². The molecular weight excluding hydrogens is 330 g/mol. The molecule has 0 aliphatic heterocycles. The molecule has 0 aliphatic carbocycles. The summed E-state index contributed by atoms with van der Waals surface area (Å²) < 4.78 is 10.7. The second kappa shape index (κ2) is 9.04. The van der Waals surface area contributed by atoms with Gasteiger partial charge >= 0.3 is 5.97 Å². The van der Waals surface area contributed by atoms with Gasteiger partial charge in [0.15, 0.2) is 6.61 Å². The maximum absolute atomic E-state index is 12.2. The molecule has 5 nitrogen and oxygen atoms in total. The van der Waals surface area contributed by atoms with Crippen LogP contribution < -0.4 is 10.1 Å². The maximum atomic E-state index is 12.2. The Morgan fingerprint density at radius 1 is 1.08 bits per heavy atom. The predicted molar refractivity (Wildman–Crippen MR) is 102 cm³/mol. The number of nitrogens with one attached hydrogen (secondary N) is 1. The third-order valence-corrected chi connectivity index (χ3v) is 3.65. The van der Waals surface area contributed by atoms with Gasteiger partial charge in [-0.15, -0.1) is 0 Å². The lowest BCUT2D eigenvalue weighted by atomic mass is 10.1. The Labute approximate surface area is 154 Å². The van der Waals surface area contributed by atoms with Crippen LogP contribution in [0.25, 0.3) is 0 Å². The Morgan fingerprint density at radius 3 is 2.58 bits per heavy atom. The number of hydrogen-bond acceptors (Lipinski definition) is 4. The van der Waals surface area contributed by atoms with Crippen molar-refractivity contribution >= 4 is 17.6 Å². The van der Waals surface area contributed by atoms with E-state index in [4.69, 9.17) is 9.47 Å². The summed E-state index contributed by atoms with van der Waals surface area (Å²) in [4.78, 5) is 24.2. The molecule has 0 bridgehead atoms. The highest BCUT2D eigenvalue weighted by atomic mass is 16.5. The zero-order valence-corrected chi connectivity index (χ0v) is 15.7. The van der Waals surface area contributed by atoms with Crippen molar-refractivity contribution in [1.29, 1.82) is 0 Å². The average Bonchev–Trinajstić information content (AvgIpc) is 2.61. The van der Waals surface area contributed by atoms with E-state index in [1.54, 1.807) is 24.3 Å². The van der Waals surface area contributed by atoms with E-state index in [9.17, 15) is 9.59 Å². The Bertz CT molecular complexity index is 783. The highest BCUT2D eigenvalue weighted by Gasteiger charge is 2.12. The summed E-state index contributed by atoms with van der Waals surface area (Å²) >= 11 is 0.